The van der Waals surface area contributed by atoms with Gasteiger partial charge in [-0.2, -0.15) is 0 Å². The summed E-state index contributed by atoms with van der Waals surface area (Å²) < 4.78 is 25.2. The van der Waals surface area contributed by atoms with Gasteiger partial charge >= 0.3 is 0 Å². The van der Waals surface area contributed by atoms with Gasteiger partial charge in [0, 0.05) is 31.4 Å². The van der Waals surface area contributed by atoms with Crippen molar-refractivity contribution in [3.8, 4) is 5.75 Å². The normalized spacial score (nSPS) is 21.8. The maximum absolute atomic E-state index is 13.7. The molecule has 1 spiro atoms. The average molecular weight is 405 g/mol. The number of hydrogen-bond acceptors (Lipinski definition) is 4. The molecule has 1 atom stereocenters. The van der Waals surface area contributed by atoms with Crippen LogP contribution < -0.4 is 10.1 Å². The van der Waals surface area contributed by atoms with Crippen LogP contribution in [0.3, 0.4) is 0 Å². The van der Waals surface area contributed by atoms with Crippen molar-refractivity contribution in [2.75, 3.05) is 32.1 Å². The number of nitrogens with zero attached hydrogens (tertiary/aromatic N) is 1. The van der Waals surface area contributed by atoms with Crippen LogP contribution in [0.5, 0.6) is 5.75 Å². The highest BCUT2D eigenvalue weighted by atomic mass is 35.5. The van der Waals surface area contributed by atoms with E-state index in [-0.39, 0.29) is 16.4 Å². The number of likely N-dealkylation sites (tertiary alicyclic amines) is 1. The summed E-state index contributed by atoms with van der Waals surface area (Å²) in [6.45, 7) is 3.38. The number of rotatable bonds is 5. The lowest BCUT2D eigenvalue weighted by molar-refractivity contribution is -0.0448. The van der Waals surface area contributed by atoms with E-state index in [4.69, 9.17) is 21.1 Å². The van der Waals surface area contributed by atoms with Crippen molar-refractivity contribution < 1.29 is 13.9 Å². The highest BCUT2D eigenvalue weighted by Crippen LogP contribution is 2.37. The SMILES string of the molecule is COc1cccc(N[C@@H]2COC3(CCN(Cc4ccc(Cl)c(F)c4)CC3)C2)c1. The van der Waals surface area contributed by atoms with Gasteiger partial charge in [-0.3, -0.25) is 4.90 Å². The molecule has 0 unspecified atom stereocenters. The lowest BCUT2D eigenvalue weighted by Gasteiger charge is -2.38. The van der Waals surface area contributed by atoms with Crippen molar-refractivity contribution in [2.45, 2.75) is 37.5 Å². The lowest BCUT2D eigenvalue weighted by Crippen LogP contribution is -2.44. The molecule has 28 heavy (non-hydrogen) atoms. The fourth-order valence-electron chi connectivity index (χ4n) is 4.25. The smallest absolute Gasteiger partial charge is 0.142 e. The van der Waals surface area contributed by atoms with Crippen LogP contribution in [0.2, 0.25) is 5.02 Å². The second-order valence-electron chi connectivity index (χ2n) is 7.80. The van der Waals surface area contributed by atoms with Gasteiger partial charge in [-0.1, -0.05) is 23.7 Å². The van der Waals surface area contributed by atoms with Crippen molar-refractivity contribution in [2.24, 2.45) is 0 Å². The molecule has 0 aromatic heterocycles. The Morgan fingerprint density at radius 3 is 2.82 bits per heavy atom. The molecule has 2 aromatic rings. The zero-order valence-electron chi connectivity index (χ0n) is 16.1. The first-order chi connectivity index (χ1) is 13.5. The third kappa shape index (κ3) is 4.43. The molecular weight excluding hydrogens is 379 g/mol. The van der Waals surface area contributed by atoms with Crippen LogP contribution >= 0.6 is 11.6 Å². The van der Waals surface area contributed by atoms with Crippen LogP contribution in [0.4, 0.5) is 10.1 Å². The monoisotopic (exact) mass is 404 g/mol. The molecule has 1 N–H and O–H groups in total. The van der Waals surface area contributed by atoms with E-state index in [0.717, 1.165) is 62.5 Å². The van der Waals surface area contributed by atoms with E-state index in [2.05, 4.69) is 16.3 Å². The molecule has 150 valence electrons. The minimum absolute atomic E-state index is 0.0434. The second kappa shape index (κ2) is 8.27. The van der Waals surface area contributed by atoms with Crippen LogP contribution in [0.1, 0.15) is 24.8 Å². The van der Waals surface area contributed by atoms with Crippen molar-refractivity contribution in [1.82, 2.24) is 4.90 Å². The topological polar surface area (TPSA) is 33.7 Å². The molecule has 2 fully saturated rings. The van der Waals surface area contributed by atoms with Gasteiger partial charge in [0.15, 0.2) is 0 Å². The Labute approximate surface area is 170 Å². The summed E-state index contributed by atoms with van der Waals surface area (Å²) in [5.41, 5.74) is 1.98. The molecule has 4 nitrogen and oxygen atoms in total. The molecule has 2 aromatic carbocycles. The van der Waals surface area contributed by atoms with E-state index in [1.54, 1.807) is 13.2 Å². The number of halogens is 2. The minimum Gasteiger partial charge on any atom is -0.497 e. The zero-order valence-corrected chi connectivity index (χ0v) is 16.8. The maximum atomic E-state index is 13.7. The van der Waals surface area contributed by atoms with E-state index >= 15 is 0 Å². The first-order valence-corrected chi connectivity index (χ1v) is 10.1. The Balaban J connectivity index is 1.30. The molecule has 2 aliphatic heterocycles. The molecule has 0 radical (unpaired) electrons. The van der Waals surface area contributed by atoms with Crippen molar-refractivity contribution in [3.63, 3.8) is 0 Å². The predicted octanol–water partition coefficient (Wildman–Crippen LogP) is 4.72. The molecule has 4 rings (SSSR count). The average Bonchev–Trinajstić information content (AvgIpc) is 3.09. The molecule has 2 saturated heterocycles. The van der Waals surface area contributed by atoms with Gasteiger partial charge in [0.25, 0.3) is 0 Å². The van der Waals surface area contributed by atoms with E-state index in [0.29, 0.717) is 6.04 Å². The lowest BCUT2D eigenvalue weighted by atomic mass is 9.87. The van der Waals surface area contributed by atoms with Crippen molar-refractivity contribution >= 4 is 17.3 Å². The molecular formula is C22H26ClFN2O2. The Morgan fingerprint density at radius 1 is 1.25 bits per heavy atom. The summed E-state index contributed by atoms with van der Waals surface area (Å²) in [5.74, 6) is 0.504. The summed E-state index contributed by atoms with van der Waals surface area (Å²) in [6.07, 6.45) is 3.01. The molecule has 0 bridgehead atoms. The number of piperidine rings is 1. The van der Waals surface area contributed by atoms with E-state index in [1.807, 2.05) is 24.3 Å². The van der Waals surface area contributed by atoms with Gasteiger partial charge in [-0.25, -0.2) is 4.39 Å². The van der Waals surface area contributed by atoms with E-state index < -0.39 is 0 Å². The van der Waals surface area contributed by atoms with Crippen molar-refractivity contribution in [1.29, 1.82) is 0 Å². The first-order valence-electron chi connectivity index (χ1n) is 9.76. The summed E-state index contributed by atoms with van der Waals surface area (Å²) in [6, 6.07) is 13.4. The third-order valence-corrected chi connectivity index (χ3v) is 6.11. The van der Waals surface area contributed by atoms with Gasteiger partial charge < -0.3 is 14.8 Å². The third-order valence-electron chi connectivity index (χ3n) is 5.81. The number of methoxy groups -OCH3 is 1. The van der Waals surface area contributed by atoms with Gasteiger partial charge in [-0.15, -0.1) is 0 Å². The molecule has 2 aliphatic rings. The summed E-state index contributed by atoms with van der Waals surface area (Å²) in [4.78, 5) is 2.36. The highest BCUT2D eigenvalue weighted by molar-refractivity contribution is 6.30. The number of anilines is 1. The van der Waals surface area contributed by atoms with E-state index in [9.17, 15) is 4.39 Å². The van der Waals surface area contributed by atoms with Crippen LogP contribution in [0.15, 0.2) is 42.5 Å². The van der Waals surface area contributed by atoms with Gasteiger partial charge in [0.2, 0.25) is 0 Å². The largest absolute Gasteiger partial charge is 0.497 e. The fraction of sp³-hybridized carbons (Fsp3) is 0.455. The number of nitrogens with one attached hydrogen (secondary N) is 1. The van der Waals surface area contributed by atoms with Crippen LogP contribution in [0, 0.1) is 5.82 Å². The number of benzene rings is 2. The molecule has 0 amide bonds. The summed E-state index contributed by atoms with van der Waals surface area (Å²) in [7, 11) is 1.68. The van der Waals surface area contributed by atoms with Gasteiger partial charge in [0.1, 0.15) is 11.6 Å². The number of hydrogen-bond donors (Lipinski definition) is 1. The summed E-state index contributed by atoms with van der Waals surface area (Å²) in [5, 5.41) is 3.75. The Hall–Kier alpha value is -1.82. The second-order valence-corrected chi connectivity index (χ2v) is 8.20. The van der Waals surface area contributed by atoms with Crippen LogP contribution in [-0.2, 0) is 11.3 Å². The van der Waals surface area contributed by atoms with E-state index in [1.165, 1.54) is 6.07 Å². The predicted molar refractivity (Wildman–Crippen MR) is 110 cm³/mol. The van der Waals surface area contributed by atoms with Gasteiger partial charge in [-0.05, 0) is 49.1 Å². The van der Waals surface area contributed by atoms with Crippen LogP contribution in [-0.4, -0.2) is 43.3 Å². The Bertz CT molecular complexity index is 824. The number of ether oxygens (including phenoxy) is 2. The van der Waals surface area contributed by atoms with Gasteiger partial charge in [0.05, 0.1) is 30.4 Å². The zero-order chi connectivity index (χ0) is 19.6. The standard InChI is InChI=1S/C22H26ClFN2O2/c1-27-19-4-2-3-17(12-19)25-18-13-22(28-15-18)7-9-26(10-8-22)14-16-5-6-20(23)21(24)11-16/h2-6,11-12,18,25H,7-10,13-15H2,1H3/t18-/m0/s1. The molecule has 0 saturated carbocycles. The quantitative estimate of drug-likeness (QED) is 0.781. The highest BCUT2D eigenvalue weighted by Gasteiger charge is 2.42. The molecule has 2 heterocycles. The van der Waals surface area contributed by atoms with Crippen LogP contribution in [0.25, 0.3) is 0 Å². The Kier molecular flexibility index (Phi) is 5.76. The first kappa shape index (κ1) is 19.5. The molecule has 0 aliphatic carbocycles. The fourth-order valence-corrected chi connectivity index (χ4v) is 4.37. The molecule has 6 heteroatoms. The Morgan fingerprint density at radius 2 is 2.07 bits per heavy atom. The minimum atomic E-state index is -0.349. The maximum Gasteiger partial charge on any atom is 0.142 e. The summed E-state index contributed by atoms with van der Waals surface area (Å²) >= 11 is 5.78. The van der Waals surface area contributed by atoms with Crippen molar-refractivity contribution in [3.05, 3.63) is 58.9 Å².